The van der Waals surface area contributed by atoms with Crippen LogP contribution in [0, 0.1) is 17.1 Å². The molecule has 1 aromatic rings. The average molecular weight is 266 g/mol. The largest absolute Gasteiger partial charge is 0.480 e. The minimum atomic E-state index is -1.16. The summed E-state index contributed by atoms with van der Waals surface area (Å²) in [6, 6.07) is 5.41. The quantitative estimate of drug-likeness (QED) is 0.784. The molecular formula is C12H11FN2O4. The molecule has 1 aromatic carbocycles. The van der Waals surface area contributed by atoms with Crippen LogP contribution in [0.1, 0.15) is 11.1 Å². The van der Waals surface area contributed by atoms with Crippen molar-refractivity contribution in [2.24, 2.45) is 0 Å². The van der Waals surface area contributed by atoms with E-state index in [1.807, 2.05) is 0 Å². The number of aliphatic carboxylic acids is 2. The lowest BCUT2D eigenvalue weighted by Gasteiger charge is -2.18. The summed E-state index contributed by atoms with van der Waals surface area (Å²) in [5.74, 6) is -3.00. The second kappa shape index (κ2) is 6.47. The molecule has 0 fully saturated rings. The van der Waals surface area contributed by atoms with Crippen LogP contribution in [0.2, 0.25) is 0 Å². The highest BCUT2D eigenvalue weighted by atomic mass is 19.1. The van der Waals surface area contributed by atoms with E-state index in [1.165, 1.54) is 17.0 Å². The number of benzene rings is 1. The number of hydrogen-bond acceptors (Lipinski definition) is 4. The van der Waals surface area contributed by atoms with Crippen LogP contribution >= 0.6 is 0 Å². The summed E-state index contributed by atoms with van der Waals surface area (Å²) in [4.78, 5) is 22.4. The van der Waals surface area contributed by atoms with Gasteiger partial charge >= 0.3 is 11.9 Å². The summed E-state index contributed by atoms with van der Waals surface area (Å²) in [6.45, 7) is -0.898. The summed E-state index contributed by atoms with van der Waals surface area (Å²) >= 11 is 0. The molecule has 0 heterocycles. The molecule has 0 atom stereocenters. The van der Waals surface area contributed by atoms with Crippen molar-refractivity contribution in [3.63, 3.8) is 0 Å². The molecule has 2 N–H and O–H groups in total. The van der Waals surface area contributed by atoms with Crippen molar-refractivity contribution in [1.82, 2.24) is 4.90 Å². The van der Waals surface area contributed by atoms with Gasteiger partial charge in [-0.25, -0.2) is 4.39 Å². The zero-order chi connectivity index (χ0) is 14.4. The lowest BCUT2D eigenvalue weighted by atomic mass is 10.1. The maximum Gasteiger partial charge on any atom is 0.317 e. The number of halogens is 1. The fourth-order valence-electron chi connectivity index (χ4n) is 1.56. The van der Waals surface area contributed by atoms with Crippen molar-refractivity contribution in [2.75, 3.05) is 13.1 Å². The van der Waals surface area contributed by atoms with E-state index in [4.69, 9.17) is 15.5 Å². The smallest absolute Gasteiger partial charge is 0.317 e. The Balaban J connectivity index is 2.86. The van der Waals surface area contributed by atoms with Gasteiger partial charge in [0.1, 0.15) is 11.9 Å². The molecule has 0 radical (unpaired) electrons. The monoisotopic (exact) mass is 266 g/mol. The van der Waals surface area contributed by atoms with Gasteiger partial charge in [0, 0.05) is 6.54 Å². The van der Waals surface area contributed by atoms with Crippen molar-refractivity contribution in [2.45, 2.75) is 6.54 Å². The van der Waals surface area contributed by atoms with Crippen LogP contribution in [0.4, 0.5) is 4.39 Å². The fraction of sp³-hybridized carbons (Fsp3) is 0.250. The van der Waals surface area contributed by atoms with Crippen molar-refractivity contribution in [3.8, 4) is 6.07 Å². The van der Waals surface area contributed by atoms with Gasteiger partial charge < -0.3 is 10.2 Å². The summed E-state index contributed by atoms with van der Waals surface area (Å²) in [5.41, 5.74) is 0.309. The fourth-order valence-corrected chi connectivity index (χ4v) is 1.56. The molecule has 0 aliphatic heterocycles. The Hall–Kier alpha value is -2.46. The minimum absolute atomic E-state index is 0.00750. The van der Waals surface area contributed by atoms with E-state index >= 15 is 0 Å². The molecule has 0 saturated heterocycles. The van der Waals surface area contributed by atoms with E-state index in [1.54, 1.807) is 6.07 Å². The lowest BCUT2D eigenvalue weighted by Crippen LogP contribution is -2.34. The molecule has 6 nitrogen and oxygen atoms in total. The van der Waals surface area contributed by atoms with E-state index < -0.39 is 30.8 Å². The molecule has 0 aromatic heterocycles. The zero-order valence-corrected chi connectivity index (χ0v) is 9.84. The number of hydrogen-bond donors (Lipinski definition) is 2. The predicted molar refractivity (Wildman–Crippen MR) is 61.7 cm³/mol. The van der Waals surface area contributed by atoms with Gasteiger partial charge in [0.25, 0.3) is 0 Å². The predicted octanol–water partition coefficient (Wildman–Crippen LogP) is 0.669. The Labute approximate surface area is 108 Å². The highest BCUT2D eigenvalue weighted by Crippen LogP contribution is 2.11. The molecule has 0 aliphatic carbocycles. The Bertz CT molecular complexity index is 523. The topological polar surface area (TPSA) is 102 Å². The second-order valence-corrected chi connectivity index (χ2v) is 3.86. The molecule has 0 bridgehead atoms. The van der Waals surface area contributed by atoms with E-state index in [-0.39, 0.29) is 12.1 Å². The highest BCUT2D eigenvalue weighted by molar-refractivity contribution is 5.72. The highest BCUT2D eigenvalue weighted by Gasteiger charge is 2.14. The number of rotatable bonds is 6. The zero-order valence-electron chi connectivity index (χ0n) is 9.84. The van der Waals surface area contributed by atoms with Gasteiger partial charge in [-0.2, -0.15) is 5.26 Å². The van der Waals surface area contributed by atoms with Crippen LogP contribution in [0.5, 0.6) is 0 Å². The SMILES string of the molecule is N#Cc1cc(CN(CC(=O)O)CC(=O)O)ccc1F. The Kier molecular flexibility index (Phi) is 4.97. The molecule has 0 aliphatic rings. The number of carbonyl (C=O) groups is 2. The Morgan fingerprint density at radius 1 is 1.26 bits per heavy atom. The molecule has 0 amide bonds. The van der Waals surface area contributed by atoms with Crippen molar-refractivity contribution in [3.05, 3.63) is 35.1 Å². The Morgan fingerprint density at radius 3 is 2.32 bits per heavy atom. The number of carboxylic acid groups (broad SMARTS) is 2. The first-order valence-corrected chi connectivity index (χ1v) is 5.27. The third-order valence-electron chi connectivity index (χ3n) is 2.28. The van der Waals surface area contributed by atoms with Gasteiger partial charge in [0.05, 0.1) is 18.7 Å². The maximum absolute atomic E-state index is 13.1. The van der Waals surface area contributed by atoms with Gasteiger partial charge in [0.2, 0.25) is 0 Å². The third-order valence-corrected chi connectivity index (χ3v) is 2.28. The molecule has 19 heavy (non-hydrogen) atoms. The number of nitrogens with zero attached hydrogens (tertiary/aromatic N) is 2. The maximum atomic E-state index is 13.1. The van der Waals surface area contributed by atoms with E-state index in [0.717, 1.165) is 6.07 Å². The average Bonchev–Trinajstić information content (AvgIpc) is 2.29. The van der Waals surface area contributed by atoms with E-state index in [9.17, 15) is 14.0 Å². The van der Waals surface area contributed by atoms with Gasteiger partial charge in [-0.3, -0.25) is 14.5 Å². The van der Waals surface area contributed by atoms with Gasteiger partial charge in [-0.05, 0) is 17.7 Å². The van der Waals surface area contributed by atoms with Crippen LogP contribution in [-0.4, -0.2) is 40.1 Å². The number of nitriles is 1. The molecule has 100 valence electrons. The first-order chi connectivity index (χ1) is 8.92. The molecule has 0 spiro atoms. The molecular weight excluding hydrogens is 255 g/mol. The van der Waals surface area contributed by atoms with Crippen LogP contribution < -0.4 is 0 Å². The Morgan fingerprint density at radius 2 is 1.84 bits per heavy atom. The van der Waals surface area contributed by atoms with Crippen LogP contribution in [-0.2, 0) is 16.1 Å². The summed E-state index contributed by atoms with van der Waals surface area (Å²) in [6.07, 6.45) is 0. The molecule has 0 unspecified atom stereocenters. The minimum Gasteiger partial charge on any atom is -0.480 e. The molecule has 1 rings (SSSR count). The first-order valence-electron chi connectivity index (χ1n) is 5.27. The third kappa shape index (κ3) is 4.73. The van der Waals surface area contributed by atoms with Crippen molar-refractivity contribution < 1.29 is 24.2 Å². The van der Waals surface area contributed by atoms with Crippen LogP contribution in [0.3, 0.4) is 0 Å². The summed E-state index contributed by atoms with van der Waals surface area (Å²) < 4.78 is 13.1. The lowest BCUT2D eigenvalue weighted by molar-refractivity contribution is -0.142. The van der Waals surface area contributed by atoms with Crippen LogP contribution in [0.15, 0.2) is 18.2 Å². The van der Waals surface area contributed by atoms with Crippen molar-refractivity contribution >= 4 is 11.9 Å². The summed E-state index contributed by atoms with van der Waals surface area (Å²) in [5, 5.41) is 26.0. The van der Waals surface area contributed by atoms with E-state index in [0.29, 0.717) is 5.56 Å². The van der Waals surface area contributed by atoms with Gasteiger partial charge in [-0.15, -0.1) is 0 Å². The normalized spacial score (nSPS) is 10.2. The van der Waals surface area contributed by atoms with E-state index in [2.05, 4.69) is 0 Å². The summed E-state index contributed by atoms with van der Waals surface area (Å²) in [7, 11) is 0. The number of carboxylic acids is 2. The standard InChI is InChI=1S/C12H11FN2O4/c13-10-2-1-8(3-9(10)4-14)5-15(6-11(16)17)7-12(18)19/h1-3H,5-7H2,(H,16,17)(H,18,19). The van der Waals surface area contributed by atoms with Crippen molar-refractivity contribution in [1.29, 1.82) is 5.26 Å². The van der Waals surface area contributed by atoms with Gasteiger partial charge in [-0.1, -0.05) is 6.07 Å². The first kappa shape index (κ1) is 14.6. The van der Waals surface area contributed by atoms with Gasteiger partial charge in [0.15, 0.2) is 0 Å². The second-order valence-electron chi connectivity index (χ2n) is 3.86. The molecule has 0 saturated carbocycles. The molecule has 7 heteroatoms. The van der Waals surface area contributed by atoms with Crippen LogP contribution in [0.25, 0.3) is 0 Å².